The summed E-state index contributed by atoms with van der Waals surface area (Å²) >= 11 is 0. The number of rotatable bonds is 4. The van der Waals surface area contributed by atoms with E-state index in [0.717, 1.165) is 17.7 Å². The fraction of sp³-hybridized carbons (Fsp3) is 0.250. The van der Waals surface area contributed by atoms with Crippen molar-refractivity contribution in [2.75, 3.05) is 7.05 Å². The number of benzene rings is 2. The standard InChI is InChI=1S/C16H16F3N/c1-10-3-5-13(17)12(7-10)16(20-2)9-11-4-6-14(18)15(19)8-11/h3-8,16,20H,9H2,1-2H3. The highest BCUT2D eigenvalue weighted by Crippen LogP contribution is 2.23. The first-order valence-corrected chi connectivity index (χ1v) is 6.38. The molecule has 2 rings (SSSR count). The zero-order valence-electron chi connectivity index (χ0n) is 11.4. The Morgan fingerprint density at radius 1 is 0.950 bits per heavy atom. The first-order valence-electron chi connectivity index (χ1n) is 6.38. The van der Waals surface area contributed by atoms with Gasteiger partial charge in [0, 0.05) is 11.6 Å². The van der Waals surface area contributed by atoms with Gasteiger partial charge in [0.15, 0.2) is 11.6 Å². The maximum absolute atomic E-state index is 13.9. The van der Waals surface area contributed by atoms with E-state index in [0.29, 0.717) is 17.5 Å². The molecule has 0 aliphatic rings. The highest BCUT2D eigenvalue weighted by molar-refractivity contribution is 5.29. The lowest BCUT2D eigenvalue weighted by Gasteiger charge is -2.18. The Hall–Kier alpha value is -1.81. The van der Waals surface area contributed by atoms with Crippen LogP contribution in [-0.2, 0) is 6.42 Å². The number of nitrogens with one attached hydrogen (secondary N) is 1. The predicted octanol–water partition coefficient (Wildman–Crippen LogP) is 3.92. The van der Waals surface area contributed by atoms with Crippen LogP contribution in [0, 0.1) is 24.4 Å². The molecule has 2 aromatic rings. The monoisotopic (exact) mass is 279 g/mol. The van der Waals surface area contributed by atoms with Gasteiger partial charge in [0.05, 0.1) is 0 Å². The second-order valence-corrected chi connectivity index (χ2v) is 4.82. The van der Waals surface area contributed by atoms with Gasteiger partial charge in [-0.2, -0.15) is 0 Å². The molecule has 0 radical (unpaired) electrons. The Kier molecular flexibility index (Phi) is 4.45. The fourth-order valence-corrected chi connectivity index (χ4v) is 2.20. The summed E-state index contributed by atoms with van der Waals surface area (Å²) < 4.78 is 40.0. The maximum Gasteiger partial charge on any atom is 0.159 e. The van der Waals surface area contributed by atoms with E-state index in [1.807, 2.05) is 6.92 Å². The first kappa shape index (κ1) is 14.6. The van der Waals surface area contributed by atoms with E-state index < -0.39 is 11.6 Å². The molecule has 0 aliphatic heterocycles. The number of aryl methyl sites for hydroxylation is 1. The minimum atomic E-state index is -0.887. The molecule has 0 saturated heterocycles. The molecule has 0 bridgehead atoms. The Balaban J connectivity index is 2.28. The molecule has 0 heterocycles. The third-order valence-corrected chi connectivity index (χ3v) is 3.30. The summed E-state index contributed by atoms with van der Waals surface area (Å²) in [7, 11) is 1.71. The van der Waals surface area contributed by atoms with Gasteiger partial charge in [-0.15, -0.1) is 0 Å². The first-order chi connectivity index (χ1) is 9.51. The van der Waals surface area contributed by atoms with Crippen molar-refractivity contribution in [2.24, 2.45) is 0 Å². The molecular formula is C16H16F3N. The van der Waals surface area contributed by atoms with Crippen LogP contribution in [0.2, 0.25) is 0 Å². The lowest BCUT2D eigenvalue weighted by atomic mass is 9.97. The van der Waals surface area contributed by atoms with Crippen molar-refractivity contribution in [3.63, 3.8) is 0 Å². The Morgan fingerprint density at radius 2 is 1.65 bits per heavy atom. The molecule has 0 aromatic heterocycles. The molecule has 106 valence electrons. The van der Waals surface area contributed by atoms with Crippen LogP contribution in [0.15, 0.2) is 36.4 Å². The summed E-state index contributed by atoms with van der Waals surface area (Å²) in [5.74, 6) is -2.07. The van der Waals surface area contributed by atoms with E-state index in [9.17, 15) is 13.2 Å². The number of likely N-dealkylation sites (N-methyl/N-ethyl adjacent to an activating group) is 1. The second-order valence-electron chi connectivity index (χ2n) is 4.82. The van der Waals surface area contributed by atoms with E-state index in [4.69, 9.17) is 0 Å². The molecule has 0 spiro atoms. The zero-order valence-corrected chi connectivity index (χ0v) is 11.4. The molecule has 0 fully saturated rings. The number of hydrogen-bond acceptors (Lipinski definition) is 1. The van der Waals surface area contributed by atoms with Gasteiger partial charge >= 0.3 is 0 Å². The molecule has 0 amide bonds. The van der Waals surface area contributed by atoms with Gasteiger partial charge in [0.1, 0.15) is 5.82 Å². The molecule has 4 heteroatoms. The van der Waals surface area contributed by atoms with Crippen LogP contribution in [0.1, 0.15) is 22.7 Å². The molecule has 1 N–H and O–H groups in total. The number of halogens is 3. The minimum Gasteiger partial charge on any atom is -0.313 e. The Labute approximate surface area is 116 Å². The summed E-state index contributed by atoms with van der Waals surface area (Å²) in [5.41, 5.74) is 2.09. The Bertz CT molecular complexity index is 611. The average molecular weight is 279 g/mol. The highest BCUT2D eigenvalue weighted by Gasteiger charge is 2.15. The molecule has 0 aliphatic carbocycles. The zero-order chi connectivity index (χ0) is 14.7. The Morgan fingerprint density at radius 3 is 2.30 bits per heavy atom. The van der Waals surface area contributed by atoms with Gasteiger partial charge in [-0.25, -0.2) is 13.2 Å². The summed E-state index contributed by atoms with van der Waals surface area (Å²) in [5, 5.41) is 3.01. The minimum absolute atomic E-state index is 0.292. The fourth-order valence-electron chi connectivity index (χ4n) is 2.20. The molecule has 1 nitrogen and oxygen atoms in total. The smallest absolute Gasteiger partial charge is 0.159 e. The summed E-state index contributed by atoms with van der Waals surface area (Å²) in [6.07, 6.45) is 0.383. The second kappa shape index (κ2) is 6.09. The molecule has 0 saturated carbocycles. The van der Waals surface area contributed by atoms with Crippen LogP contribution in [0.3, 0.4) is 0 Å². The van der Waals surface area contributed by atoms with Gasteiger partial charge in [-0.1, -0.05) is 23.8 Å². The van der Waals surface area contributed by atoms with Gasteiger partial charge in [-0.3, -0.25) is 0 Å². The van der Waals surface area contributed by atoms with Crippen molar-refractivity contribution < 1.29 is 13.2 Å². The summed E-state index contributed by atoms with van der Waals surface area (Å²) in [6, 6.07) is 8.33. The van der Waals surface area contributed by atoms with Crippen molar-refractivity contribution in [2.45, 2.75) is 19.4 Å². The molecule has 1 unspecified atom stereocenters. The molecule has 1 atom stereocenters. The van der Waals surface area contributed by atoms with Crippen molar-refractivity contribution >= 4 is 0 Å². The van der Waals surface area contributed by atoms with E-state index in [1.165, 1.54) is 12.1 Å². The van der Waals surface area contributed by atoms with Crippen molar-refractivity contribution in [1.82, 2.24) is 5.32 Å². The van der Waals surface area contributed by atoms with Crippen LogP contribution >= 0.6 is 0 Å². The van der Waals surface area contributed by atoms with Crippen LogP contribution in [0.4, 0.5) is 13.2 Å². The quantitative estimate of drug-likeness (QED) is 0.894. The van der Waals surface area contributed by atoms with Crippen LogP contribution in [-0.4, -0.2) is 7.05 Å². The van der Waals surface area contributed by atoms with Crippen LogP contribution in [0.5, 0.6) is 0 Å². The van der Waals surface area contributed by atoms with Gasteiger partial charge in [0.25, 0.3) is 0 Å². The lowest BCUT2D eigenvalue weighted by Crippen LogP contribution is -2.20. The van der Waals surface area contributed by atoms with E-state index in [-0.39, 0.29) is 11.9 Å². The average Bonchev–Trinajstić information content (AvgIpc) is 2.43. The largest absolute Gasteiger partial charge is 0.313 e. The molecule has 20 heavy (non-hydrogen) atoms. The topological polar surface area (TPSA) is 12.0 Å². The van der Waals surface area contributed by atoms with E-state index in [1.54, 1.807) is 19.2 Å². The SMILES string of the molecule is CNC(Cc1ccc(F)c(F)c1)c1cc(C)ccc1F. The summed E-state index contributed by atoms with van der Waals surface area (Å²) in [4.78, 5) is 0. The van der Waals surface area contributed by atoms with Crippen molar-refractivity contribution in [3.8, 4) is 0 Å². The van der Waals surface area contributed by atoms with Crippen LogP contribution < -0.4 is 5.32 Å². The lowest BCUT2D eigenvalue weighted by molar-refractivity contribution is 0.502. The highest BCUT2D eigenvalue weighted by atomic mass is 19.2. The normalized spacial score (nSPS) is 12.4. The molecule has 2 aromatic carbocycles. The van der Waals surface area contributed by atoms with Gasteiger partial charge in [0.2, 0.25) is 0 Å². The molecular weight excluding hydrogens is 263 g/mol. The summed E-state index contributed by atoms with van der Waals surface area (Å²) in [6.45, 7) is 1.88. The van der Waals surface area contributed by atoms with Gasteiger partial charge in [-0.05, 0) is 44.2 Å². The van der Waals surface area contributed by atoms with E-state index in [2.05, 4.69) is 5.32 Å². The van der Waals surface area contributed by atoms with Gasteiger partial charge < -0.3 is 5.32 Å². The van der Waals surface area contributed by atoms with E-state index >= 15 is 0 Å². The third kappa shape index (κ3) is 3.20. The van der Waals surface area contributed by atoms with Crippen LogP contribution in [0.25, 0.3) is 0 Å². The van der Waals surface area contributed by atoms with Crippen molar-refractivity contribution in [3.05, 3.63) is 70.5 Å². The van der Waals surface area contributed by atoms with Crippen molar-refractivity contribution in [1.29, 1.82) is 0 Å². The third-order valence-electron chi connectivity index (χ3n) is 3.30. The maximum atomic E-state index is 13.9. The number of hydrogen-bond donors (Lipinski definition) is 1. The predicted molar refractivity (Wildman–Crippen MR) is 73.0 cm³/mol.